The number of hydrogen-bond acceptors (Lipinski definition) is 3. The van der Waals surface area contributed by atoms with Crippen LogP contribution in [0.25, 0.3) is 0 Å². The van der Waals surface area contributed by atoms with E-state index in [0.29, 0.717) is 0 Å². The second-order valence-electron chi connectivity index (χ2n) is 3.59. The maximum Gasteiger partial charge on any atom is 0.268 e. The quantitative estimate of drug-likeness (QED) is 0.636. The Morgan fingerprint density at radius 3 is 2.06 bits per heavy atom. The van der Waals surface area contributed by atoms with Crippen LogP contribution in [0.5, 0.6) is 0 Å². The summed E-state index contributed by atoms with van der Waals surface area (Å²) in [6.45, 7) is 0. The SMILES string of the molecule is O=C(/C=N/Nc1ccccc1)Nc1ccccc1. The fourth-order valence-corrected chi connectivity index (χ4v) is 1.37. The maximum atomic E-state index is 11.5. The molecule has 4 nitrogen and oxygen atoms in total. The summed E-state index contributed by atoms with van der Waals surface area (Å²) in [5.41, 5.74) is 4.35. The van der Waals surface area contributed by atoms with Crippen LogP contribution in [0.1, 0.15) is 0 Å². The molecule has 0 saturated carbocycles. The van der Waals surface area contributed by atoms with Gasteiger partial charge in [0.1, 0.15) is 6.21 Å². The molecule has 0 aromatic heterocycles. The molecule has 90 valence electrons. The number of nitrogens with one attached hydrogen (secondary N) is 2. The molecule has 2 N–H and O–H groups in total. The van der Waals surface area contributed by atoms with E-state index in [9.17, 15) is 4.79 Å². The van der Waals surface area contributed by atoms with Crippen molar-refractivity contribution in [2.75, 3.05) is 10.7 Å². The lowest BCUT2D eigenvalue weighted by Crippen LogP contribution is -2.13. The summed E-state index contributed by atoms with van der Waals surface area (Å²) in [6, 6.07) is 18.7. The van der Waals surface area contributed by atoms with Gasteiger partial charge in [0.2, 0.25) is 0 Å². The molecule has 0 saturated heterocycles. The minimum Gasteiger partial charge on any atom is -0.321 e. The third-order valence-electron chi connectivity index (χ3n) is 2.19. The Labute approximate surface area is 105 Å². The van der Waals surface area contributed by atoms with Crippen molar-refractivity contribution < 1.29 is 4.79 Å². The Kier molecular flexibility index (Phi) is 4.08. The van der Waals surface area contributed by atoms with Gasteiger partial charge in [-0.2, -0.15) is 5.10 Å². The van der Waals surface area contributed by atoms with Gasteiger partial charge in [-0.15, -0.1) is 0 Å². The summed E-state index contributed by atoms with van der Waals surface area (Å²) < 4.78 is 0. The summed E-state index contributed by atoms with van der Waals surface area (Å²) in [6.07, 6.45) is 1.21. The van der Waals surface area contributed by atoms with E-state index in [-0.39, 0.29) is 5.91 Å². The van der Waals surface area contributed by atoms with E-state index in [1.54, 1.807) is 0 Å². The summed E-state index contributed by atoms with van der Waals surface area (Å²) in [7, 11) is 0. The van der Waals surface area contributed by atoms with Crippen molar-refractivity contribution in [1.82, 2.24) is 0 Å². The number of rotatable bonds is 4. The first kappa shape index (κ1) is 11.9. The van der Waals surface area contributed by atoms with Gasteiger partial charge in [0.15, 0.2) is 0 Å². The molecular weight excluding hydrogens is 226 g/mol. The van der Waals surface area contributed by atoms with Crippen molar-refractivity contribution in [2.45, 2.75) is 0 Å². The second-order valence-corrected chi connectivity index (χ2v) is 3.59. The van der Waals surface area contributed by atoms with Crippen molar-refractivity contribution in [1.29, 1.82) is 0 Å². The number of carbonyl (C=O) groups excluding carboxylic acids is 1. The second kappa shape index (κ2) is 6.20. The lowest BCUT2D eigenvalue weighted by Gasteiger charge is -2.01. The molecular formula is C14H13N3O. The third-order valence-corrected chi connectivity index (χ3v) is 2.19. The predicted molar refractivity (Wildman–Crippen MR) is 73.6 cm³/mol. The van der Waals surface area contributed by atoms with Crippen LogP contribution >= 0.6 is 0 Å². The topological polar surface area (TPSA) is 53.5 Å². The van der Waals surface area contributed by atoms with E-state index >= 15 is 0 Å². The molecule has 0 aliphatic rings. The molecule has 0 aliphatic heterocycles. The zero-order valence-corrected chi connectivity index (χ0v) is 9.71. The molecule has 0 atom stereocenters. The van der Waals surface area contributed by atoms with Crippen molar-refractivity contribution in [3.05, 3.63) is 60.7 Å². The van der Waals surface area contributed by atoms with Gasteiger partial charge in [0.25, 0.3) is 5.91 Å². The van der Waals surface area contributed by atoms with Crippen LogP contribution in [-0.4, -0.2) is 12.1 Å². The smallest absolute Gasteiger partial charge is 0.268 e. The van der Waals surface area contributed by atoms with E-state index in [1.807, 2.05) is 60.7 Å². The minimum absolute atomic E-state index is 0.273. The Hall–Kier alpha value is -2.62. The molecule has 2 rings (SSSR count). The van der Waals surface area contributed by atoms with E-state index in [0.717, 1.165) is 11.4 Å². The van der Waals surface area contributed by atoms with Crippen LogP contribution in [0.3, 0.4) is 0 Å². The summed E-state index contributed by atoms with van der Waals surface area (Å²) >= 11 is 0. The Morgan fingerprint density at radius 1 is 0.889 bits per heavy atom. The number of amides is 1. The molecule has 0 unspecified atom stereocenters. The average Bonchev–Trinajstić information content (AvgIpc) is 2.41. The molecule has 18 heavy (non-hydrogen) atoms. The first-order chi connectivity index (χ1) is 8.84. The summed E-state index contributed by atoms with van der Waals surface area (Å²) in [4.78, 5) is 11.5. The number of para-hydroxylation sites is 2. The van der Waals surface area contributed by atoms with E-state index < -0.39 is 0 Å². The van der Waals surface area contributed by atoms with E-state index in [1.165, 1.54) is 6.21 Å². The predicted octanol–water partition coefficient (Wildman–Crippen LogP) is 2.72. The lowest BCUT2D eigenvalue weighted by atomic mass is 10.3. The first-order valence-electron chi connectivity index (χ1n) is 5.55. The maximum absolute atomic E-state index is 11.5. The van der Waals surface area contributed by atoms with Crippen molar-refractivity contribution in [2.24, 2.45) is 5.10 Å². The number of nitrogens with zero attached hydrogens (tertiary/aromatic N) is 1. The van der Waals surface area contributed by atoms with Gasteiger partial charge >= 0.3 is 0 Å². The van der Waals surface area contributed by atoms with E-state index in [4.69, 9.17) is 0 Å². The molecule has 0 spiro atoms. The fourth-order valence-electron chi connectivity index (χ4n) is 1.37. The highest BCUT2D eigenvalue weighted by molar-refractivity contribution is 6.31. The molecule has 0 radical (unpaired) electrons. The fraction of sp³-hybridized carbons (Fsp3) is 0. The molecule has 2 aromatic carbocycles. The number of hydrogen-bond donors (Lipinski definition) is 2. The molecule has 0 aliphatic carbocycles. The normalized spacial score (nSPS) is 10.2. The molecule has 2 aromatic rings. The Morgan fingerprint density at radius 2 is 1.44 bits per heavy atom. The van der Waals surface area contributed by atoms with Gasteiger partial charge in [0, 0.05) is 5.69 Å². The van der Waals surface area contributed by atoms with Gasteiger partial charge in [-0.25, -0.2) is 0 Å². The van der Waals surface area contributed by atoms with Crippen LogP contribution in [-0.2, 0) is 4.79 Å². The summed E-state index contributed by atoms with van der Waals surface area (Å²) in [5.74, 6) is -0.273. The third kappa shape index (κ3) is 3.75. The highest BCUT2D eigenvalue weighted by Crippen LogP contribution is 2.05. The first-order valence-corrected chi connectivity index (χ1v) is 5.55. The zero-order chi connectivity index (χ0) is 12.6. The largest absolute Gasteiger partial charge is 0.321 e. The van der Waals surface area contributed by atoms with Gasteiger partial charge < -0.3 is 5.32 Å². The standard InChI is InChI=1S/C14H13N3O/c18-14(16-12-7-3-1-4-8-12)11-15-17-13-9-5-2-6-10-13/h1-11,17H,(H,16,18)/b15-11+. The number of benzene rings is 2. The van der Waals surface area contributed by atoms with Crippen LogP contribution in [0.15, 0.2) is 65.8 Å². The van der Waals surface area contributed by atoms with Crippen LogP contribution in [0.2, 0.25) is 0 Å². The number of carbonyl (C=O) groups is 1. The van der Waals surface area contributed by atoms with Crippen molar-refractivity contribution in [3.63, 3.8) is 0 Å². The van der Waals surface area contributed by atoms with Gasteiger partial charge in [-0.1, -0.05) is 36.4 Å². The van der Waals surface area contributed by atoms with Gasteiger partial charge in [-0.05, 0) is 24.3 Å². The van der Waals surface area contributed by atoms with Gasteiger partial charge in [-0.3, -0.25) is 10.2 Å². The highest BCUT2D eigenvalue weighted by atomic mass is 16.1. The molecule has 1 amide bonds. The van der Waals surface area contributed by atoms with Gasteiger partial charge in [0.05, 0.1) is 5.69 Å². The molecule has 4 heteroatoms. The zero-order valence-electron chi connectivity index (χ0n) is 9.71. The van der Waals surface area contributed by atoms with Crippen LogP contribution < -0.4 is 10.7 Å². The molecule has 0 bridgehead atoms. The molecule has 0 fully saturated rings. The molecule has 0 heterocycles. The van der Waals surface area contributed by atoms with Crippen molar-refractivity contribution >= 4 is 23.5 Å². The summed E-state index contributed by atoms with van der Waals surface area (Å²) in [5, 5.41) is 6.55. The van der Waals surface area contributed by atoms with Crippen LogP contribution in [0.4, 0.5) is 11.4 Å². The monoisotopic (exact) mass is 239 g/mol. The minimum atomic E-state index is -0.273. The van der Waals surface area contributed by atoms with E-state index in [2.05, 4.69) is 15.8 Å². The van der Waals surface area contributed by atoms with Crippen LogP contribution in [0, 0.1) is 0 Å². The Balaban J connectivity index is 1.85. The highest BCUT2D eigenvalue weighted by Gasteiger charge is 1.96. The lowest BCUT2D eigenvalue weighted by molar-refractivity contribution is -0.109. The number of hydrazone groups is 1. The van der Waals surface area contributed by atoms with Crippen molar-refractivity contribution in [3.8, 4) is 0 Å². The number of anilines is 2. The average molecular weight is 239 g/mol. The Bertz CT molecular complexity index is 523.